The number of hydrogen-bond donors (Lipinski definition) is 0. The maximum Gasteiger partial charge on any atom is 0.266 e. The lowest BCUT2D eigenvalue weighted by molar-refractivity contribution is -0.131. The summed E-state index contributed by atoms with van der Waals surface area (Å²) in [5.41, 5.74) is 2.61. The van der Waals surface area contributed by atoms with Crippen LogP contribution in [0.4, 0.5) is 0 Å². The Kier molecular flexibility index (Phi) is 6.88. The summed E-state index contributed by atoms with van der Waals surface area (Å²) in [4.78, 5) is 33.7. The Hall–Kier alpha value is -3.89. The number of nitriles is 1. The third-order valence-corrected chi connectivity index (χ3v) is 7.56. The van der Waals surface area contributed by atoms with Crippen molar-refractivity contribution in [1.82, 2.24) is 14.5 Å². The molecule has 0 radical (unpaired) electrons. The third-order valence-electron chi connectivity index (χ3n) is 6.64. The van der Waals surface area contributed by atoms with E-state index in [4.69, 9.17) is 10.2 Å². The van der Waals surface area contributed by atoms with Gasteiger partial charge in [0, 0.05) is 12.6 Å². The molecule has 180 valence electrons. The number of benzene rings is 3. The molecule has 0 saturated heterocycles. The molecule has 4 aromatic rings. The molecule has 1 unspecified atom stereocenters. The number of hydrogen-bond acceptors (Lipinski definition) is 5. The van der Waals surface area contributed by atoms with Crippen LogP contribution in [0.25, 0.3) is 16.6 Å². The van der Waals surface area contributed by atoms with Crippen LogP contribution in [-0.4, -0.2) is 32.2 Å². The lowest BCUT2D eigenvalue weighted by Gasteiger charge is -2.29. The zero-order valence-corrected chi connectivity index (χ0v) is 20.8. The van der Waals surface area contributed by atoms with E-state index in [9.17, 15) is 9.59 Å². The molecule has 0 aliphatic heterocycles. The molecular weight excluding hydrogens is 468 g/mol. The van der Waals surface area contributed by atoms with Crippen LogP contribution in [0.5, 0.6) is 0 Å². The molecule has 3 aromatic carbocycles. The summed E-state index contributed by atoms with van der Waals surface area (Å²) in [6.45, 7) is 2.69. The van der Waals surface area contributed by atoms with Gasteiger partial charge in [0.2, 0.25) is 5.91 Å². The predicted molar refractivity (Wildman–Crippen MR) is 142 cm³/mol. The minimum Gasteiger partial charge on any atom is -0.335 e. The number of carbonyl (C=O) groups is 1. The fourth-order valence-electron chi connectivity index (χ4n) is 4.40. The van der Waals surface area contributed by atoms with Gasteiger partial charge in [0.25, 0.3) is 5.56 Å². The highest BCUT2D eigenvalue weighted by Gasteiger charge is 2.34. The van der Waals surface area contributed by atoms with Crippen molar-refractivity contribution in [1.29, 1.82) is 5.26 Å². The predicted octanol–water partition coefficient (Wildman–Crippen LogP) is 5.18. The van der Waals surface area contributed by atoms with E-state index < -0.39 is 0 Å². The molecule has 6 nitrogen and oxygen atoms in total. The van der Waals surface area contributed by atoms with Crippen LogP contribution in [0.15, 0.2) is 88.8 Å². The van der Waals surface area contributed by atoms with Crippen LogP contribution in [0.3, 0.4) is 0 Å². The van der Waals surface area contributed by atoms with Crippen LogP contribution in [-0.2, 0) is 11.3 Å². The maximum atomic E-state index is 13.5. The first-order valence-corrected chi connectivity index (χ1v) is 13.0. The molecule has 1 amide bonds. The molecule has 0 N–H and O–H groups in total. The summed E-state index contributed by atoms with van der Waals surface area (Å²) in [6.07, 6.45) is 2.30. The monoisotopic (exact) mass is 494 g/mol. The lowest BCUT2D eigenvalue weighted by atomic mass is 10.1. The highest BCUT2D eigenvalue weighted by Crippen LogP contribution is 2.36. The van der Waals surface area contributed by atoms with Crippen LogP contribution in [0.1, 0.15) is 30.9 Å². The first-order valence-electron chi connectivity index (χ1n) is 12.0. The SMILES string of the molecule is CC(C1CC1)N(Cc1ccccc1)C(=O)CSc1nc2ccccc2c(=O)n1-c1ccc(C#N)cc1. The molecule has 7 heteroatoms. The van der Waals surface area contributed by atoms with Crippen LogP contribution in [0, 0.1) is 17.2 Å². The van der Waals surface area contributed by atoms with Crippen molar-refractivity contribution in [2.75, 3.05) is 5.75 Å². The van der Waals surface area contributed by atoms with Gasteiger partial charge in [0.15, 0.2) is 5.16 Å². The highest BCUT2D eigenvalue weighted by atomic mass is 32.2. The number of thioether (sulfide) groups is 1. The normalized spacial score (nSPS) is 13.8. The average Bonchev–Trinajstić information content (AvgIpc) is 3.77. The molecule has 1 heterocycles. The molecule has 0 bridgehead atoms. The van der Waals surface area contributed by atoms with Crippen LogP contribution < -0.4 is 5.56 Å². The second kappa shape index (κ2) is 10.4. The fraction of sp³-hybridized carbons (Fsp3) is 0.241. The molecular formula is C29H26N4O2S. The topological polar surface area (TPSA) is 79.0 Å². The van der Waals surface area contributed by atoms with Crippen molar-refractivity contribution in [2.24, 2.45) is 5.92 Å². The van der Waals surface area contributed by atoms with E-state index in [1.54, 1.807) is 30.3 Å². The smallest absolute Gasteiger partial charge is 0.266 e. The number of fused-ring (bicyclic) bond motifs is 1. The van der Waals surface area contributed by atoms with Crippen molar-refractivity contribution in [3.63, 3.8) is 0 Å². The molecule has 1 aromatic heterocycles. The zero-order chi connectivity index (χ0) is 25.1. The number of carbonyl (C=O) groups excluding carboxylic acids is 1. The van der Waals surface area contributed by atoms with Crippen molar-refractivity contribution in [3.8, 4) is 11.8 Å². The first-order chi connectivity index (χ1) is 17.5. The van der Waals surface area contributed by atoms with Gasteiger partial charge in [-0.15, -0.1) is 0 Å². The van der Waals surface area contributed by atoms with Gasteiger partial charge >= 0.3 is 0 Å². The Morgan fingerprint density at radius 3 is 2.47 bits per heavy atom. The maximum absolute atomic E-state index is 13.5. The number of para-hydroxylation sites is 1. The van der Waals surface area contributed by atoms with E-state index in [0.717, 1.165) is 18.4 Å². The highest BCUT2D eigenvalue weighted by molar-refractivity contribution is 7.99. The molecule has 1 aliphatic carbocycles. The summed E-state index contributed by atoms with van der Waals surface area (Å²) in [5.74, 6) is 0.737. The molecule has 0 spiro atoms. The Balaban J connectivity index is 1.46. The second-order valence-electron chi connectivity index (χ2n) is 9.08. The molecule has 1 saturated carbocycles. The Morgan fingerprint density at radius 2 is 1.78 bits per heavy atom. The third kappa shape index (κ3) is 5.05. The molecule has 36 heavy (non-hydrogen) atoms. The standard InChI is InChI=1S/C29H26N4O2S/c1-20(23-13-14-23)32(18-22-7-3-2-4-8-22)27(34)19-36-29-31-26-10-6-5-9-25(26)28(35)33(29)24-15-11-21(17-30)12-16-24/h2-12,15-16,20,23H,13-14,18-19H2,1H3. The Bertz CT molecular complexity index is 1490. The fourth-order valence-corrected chi connectivity index (χ4v) is 5.30. The minimum absolute atomic E-state index is 0.0250. The average molecular weight is 495 g/mol. The van der Waals surface area contributed by atoms with Crippen molar-refractivity contribution in [3.05, 3.63) is 100 Å². The first kappa shape index (κ1) is 23.8. The van der Waals surface area contributed by atoms with E-state index >= 15 is 0 Å². The summed E-state index contributed by atoms with van der Waals surface area (Å²) >= 11 is 1.27. The van der Waals surface area contributed by atoms with Gasteiger partial charge in [0.1, 0.15) is 0 Å². The van der Waals surface area contributed by atoms with Crippen molar-refractivity contribution in [2.45, 2.75) is 37.5 Å². The molecule has 1 atom stereocenters. The minimum atomic E-state index is -0.201. The quantitative estimate of drug-likeness (QED) is 0.249. The van der Waals surface area contributed by atoms with Crippen LogP contribution >= 0.6 is 11.8 Å². The summed E-state index contributed by atoms with van der Waals surface area (Å²) in [5, 5.41) is 10.1. The van der Waals surface area contributed by atoms with Gasteiger partial charge in [-0.25, -0.2) is 4.98 Å². The summed E-state index contributed by atoms with van der Waals surface area (Å²) in [6, 6.07) is 26.3. The van der Waals surface area contributed by atoms with Crippen LogP contribution in [0.2, 0.25) is 0 Å². The summed E-state index contributed by atoms with van der Waals surface area (Å²) < 4.78 is 1.54. The largest absolute Gasteiger partial charge is 0.335 e. The number of rotatable bonds is 8. The van der Waals surface area contributed by atoms with Crippen molar-refractivity contribution < 1.29 is 4.79 Å². The molecule has 1 aliphatic rings. The lowest BCUT2D eigenvalue weighted by Crippen LogP contribution is -2.40. The van der Waals surface area contributed by atoms with Crippen molar-refractivity contribution >= 4 is 28.6 Å². The molecule has 5 rings (SSSR count). The Morgan fingerprint density at radius 1 is 1.08 bits per heavy atom. The van der Waals surface area contributed by atoms with Gasteiger partial charge in [-0.2, -0.15) is 5.26 Å². The number of aromatic nitrogens is 2. The van der Waals surface area contributed by atoms with E-state index in [0.29, 0.717) is 39.8 Å². The van der Waals surface area contributed by atoms with Gasteiger partial charge in [-0.1, -0.05) is 54.2 Å². The second-order valence-corrected chi connectivity index (χ2v) is 10.0. The Labute approximate surface area is 214 Å². The van der Waals surface area contributed by atoms with E-state index in [1.165, 1.54) is 16.3 Å². The number of nitrogens with zero attached hydrogens (tertiary/aromatic N) is 4. The number of amides is 1. The van der Waals surface area contributed by atoms with Gasteiger partial charge in [-0.3, -0.25) is 14.2 Å². The molecule has 1 fully saturated rings. The summed E-state index contributed by atoms with van der Waals surface area (Å²) in [7, 11) is 0. The van der Waals surface area contributed by atoms with Gasteiger partial charge in [0.05, 0.1) is 34.0 Å². The van der Waals surface area contributed by atoms with E-state index in [2.05, 4.69) is 13.0 Å². The zero-order valence-electron chi connectivity index (χ0n) is 20.0. The van der Waals surface area contributed by atoms with E-state index in [1.807, 2.05) is 53.4 Å². The van der Waals surface area contributed by atoms with Gasteiger partial charge in [-0.05, 0) is 67.6 Å². The van der Waals surface area contributed by atoms with E-state index in [-0.39, 0.29) is 23.3 Å². The van der Waals surface area contributed by atoms with Gasteiger partial charge < -0.3 is 4.90 Å².